The minimum absolute atomic E-state index is 0.00177. The van der Waals surface area contributed by atoms with Gasteiger partial charge in [0.1, 0.15) is 12.1 Å². The number of hydrogen-bond donors (Lipinski definition) is 1. The highest BCUT2D eigenvalue weighted by Crippen LogP contribution is 2.44. The summed E-state index contributed by atoms with van der Waals surface area (Å²) in [6, 6.07) is 15.8. The van der Waals surface area contributed by atoms with Crippen molar-refractivity contribution in [1.82, 2.24) is 14.8 Å². The Hall–Kier alpha value is -2.92. The van der Waals surface area contributed by atoms with Crippen LogP contribution in [0.3, 0.4) is 0 Å². The lowest BCUT2D eigenvalue weighted by Crippen LogP contribution is -2.40. The maximum Gasteiger partial charge on any atom is 0.226 e. The molecule has 5 nitrogen and oxygen atoms in total. The fourth-order valence-electron chi connectivity index (χ4n) is 4.22. The van der Waals surface area contributed by atoms with Crippen molar-refractivity contribution in [2.24, 2.45) is 5.92 Å². The molecule has 2 aromatic carbocycles. The van der Waals surface area contributed by atoms with E-state index in [0.29, 0.717) is 17.4 Å². The summed E-state index contributed by atoms with van der Waals surface area (Å²) >= 11 is 6.16. The van der Waals surface area contributed by atoms with Crippen molar-refractivity contribution in [2.75, 3.05) is 5.32 Å². The zero-order valence-corrected chi connectivity index (χ0v) is 16.1. The number of Topliss-reactive ketones (excluding diaryl/α,β-unsaturated/α-hetero) is 1. The van der Waals surface area contributed by atoms with Crippen LogP contribution in [-0.2, 0) is 4.79 Å². The van der Waals surface area contributed by atoms with Gasteiger partial charge < -0.3 is 5.32 Å². The maximum absolute atomic E-state index is 13.3. The number of carbonyl (C=O) groups is 1. The zero-order chi connectivity index (χ0) is 19.3. The molecule has 1 aromatic heterocycles. The van der Waals surface area contributed by atoms with Gasteiger partial charge in [-0.05, 0) is 30.2 Å². The van der Waals surface area contributed by atoms with Gasteiger partial charge in [-0.1, -0.05) is 59.6 Å². The molecule has 1 aliphatic heterocycles. The van der Waals surface area contributed by atoms with Crippen LogP contribution in [0.4, 0.5) is 5.95 Å². The van der Waals surface area contributed by atoms with Gasteiger partial charge in [0.05, 0.1) is 12.0 Å². The second-order valence-corrected chi connectivity index (χ2v) is 7.88. The fourth-order valence-corrected chi connectivity index (χ4v) is 4.42. The van der Waals surface area contributed by atoms with Crippen LogP contribution in [-0.4, -0.2) is 20.5 Å². The lowest BCUT2D eigenvalue weighted by Gasteiger charge is -2.38. The van der Waals surface area contributed by atoms with Gasteiger partial charge in [0, 0.05) is 23.1 Å². The highest BCUT2D eigenvalue weighted by molar-refractivity contribution is 6.30. The molecule has 2 heterocycles. The number of benzene rings is 2. The summed E-state index contributed by atoms with van der Waals surface area (Å²) in [5.41, 5.74) is 4.19. The number of hydrogen-bond acceptors (Lipinski definition) is 4. The van der Waals surface area contributed by atoms with Gasteiger partial charge in [0.2, 0.25) is 5.95 Å². The van der Waals surface area contributed by atoms with Gasteiger partial charge in [-0.3, -0.25) is 4.79 Å². The Labute approximate surface area is 168 Å². The first-order valence-corrected chi connectivity index (χ1v) is 9.71. The predicted octanol–water partition coefficient (Wildman–Crippen LogP) is 4.51. The molecule has 0 unspecified atom stereocenters. The van der Waals surface area contributed by atoms with Crippen molar-refractivity contribution in [3.63, 3.8) is 0 Å². The smallest absolute Gasteiger partial charge is 0.226 e. The van der Waals surface area contributed by atoms with Crippen LogP contribution in [0, 0.1) is 12.8 Å². The van der Waals surface area contributed by atoms with Crippen molar-refractivity contribution in [2.45, 2.75) is 25.3 Å². The Morgan fingerprint density at radius 3 is 2.75 bits per heavy atom. The molecule has 1 aliphatic carbocycles. The number of ketones is 1. The maximum atomic E-state index is 13.3. The largest absolute Gasteiger partial charge is 0.328 e. The average Bonchev–Trinajstić information content (AvgIpc) is 3.15. The molecule has 2 aliphatic rings. The minimum atomic E-state index is -0.299. The van der Waals surface area contributed by atoms with Gasteiger partial charge in [-0.25, -0.2) is 4.68 Å². The molecule has 1 N–H and O–H groups in total. The SMILES string of the molecule is Cc1ccc([C@@H]2[C@H]3C(=O)C[C@H](c4cccc(Cl)c4)C=C3Nc3ncnn32)cc1. The molecule has 0 fully saturated rings. The van der Waals surface area contributed by atoms with Gasteiger partial charge >= 0.3 is 0 Å². The number of fused-ring (bicyclic) bond motifs is 2. The van der Waals surface area contributed by atoms with Crippen LogP contribution < -0.4 is 5.32 Å². The van der Waals surface area contributed by atoms with E-state index in [1.807, 2.05) is 28.9 Å². The van der Waals surface area contributed by atoms with Crippen molar-refractivity contribution < 1.29 is 4.79 Å². The molecule has 0 bridgehead atoms. The molecule has 3 aromatic rings. The van der Waals surface area contributed by atoms with E-state index < -0.39 is 0 Å². The molecule has 0 saturated carbocycles. The first-order valence-electron chi connectivity index (χ1n) is 9.33. The summed E-state index contributed by atoms with van der Waals surface area (Å²) in [5, 5.41) is 8.41. The van der Waals surface area contributed by atoms with Gasteiger partial charge in [-0.2, -0.15) is 10.1 Å². The number of aryl methyl sites for hydroxylation is 1. The number of nitrogens with one attached hydrogen (secondary N) is 1. The molecule has 0 spiro atoms. The Morgan fingerprint density at radius 2 is 1.96 bits per heavy atom. The van der Waals surface area contributed by atoms with Gasteiger partial charge in [-0.15, -0.1) is 0 Å². The van der Waals surface area contributed by atoms with E-state index >= 15 is 0 Å². The second kappa shape index (κ2) is 6.60. The molecular weight excluding hydrogens is 372 g/mol. The van der Waals surface area contributed by atoms with Crippen LogP contribution in [0.15, 0.2) is 66.6 Å². The summed E-state index contributed by atoms with van der Waals surface area (Å²) in [7, 11) is 0. The highest BCUT2D eigenvalue weighted by Gasteiger charge is 2.43. The molecule has 0 radical (unpaired) electrons. The highest BCUT2D eigenvalue weighted by atomic mass is 35.5. The van der Waals surface area contributed by atoms with Crippen LogP contribution in [0.1, 0.15) is 35.1 Å². The van der Waals surface area contributed by atoms with Crippen molar-refractivity contribution in [1.29, 1.82) is 0 Å². The zero-order valence-electron chi connectivity index (χ0n) is 15.3. The molecule has 140 valence electrons. The quantitative estimate of drug-likeness (QED) is 0.699. The van der Waals surface area contributed by atoms with Gasteiger partial charge in [0.15, 0.2) is 0 Å². The molecule has 0 saturated heterocycles. The molecular formula is C22H19ClN4O. The summed E-state index contributed by atoms with van der Waals surface area (Å²) in [5.74, 6) is 0.555. The molecule has 0 amide bonds. The number of nitrogens with zero attached hydrogens (tertiary/aromatic N) is 3. The number of aromatic nitrogens is 3. The molecule has 6 heteroatoms. The number of rotatable bonds is 2. The van der Waals surface area contributed by atoms with E-state index in [0.717, 1.165) is 16.8 Å². The molecule has 3 atom stereocenters. The third-order valence-corrected chi connectivity index (χ3v) is 5.82. The topological polar surface area (TPSA) is 59.8 Å². The number of allylic oxidation sites excluding steroid dienone is 2. The summed E-state index contributed by atoms with van der Waals surface area (Å²) < 4.78 is 1.82. The molecule has 5 rings (SSSR count). The minimum Gasteiger partial charge on any atom is -0.328 e. The lowest BCUT2D eigenvalue weighted by atomic mass is 9.75. The monoisotopic (exact) mass is 390 g/mol. The second-order valence-electron chi connectivity index (χ2n) is 7.44. The van der Waals surface area contributed by atoms with E-state index in [9.17, 15) is 4.79 Å². The first-order chi connectivity index (χ1) is 13.6. The van der Waals surface area contributed by atoms with E-state index in [-0.39, 0.29) is 23.7 Å². The van der Waals surface area contributed by atoms with Crippen LogP contribution >= 0.6 is 11.6 Å². The summed E-state index contributed by atoms with van der Waals surface area (Å²) in [6.07, 6.45) is 4.13. The van der Waals surface area contributed by atoms with E-state index in [1.165, 1.54) is 11.9 Å². The normalized spacial score (nSPS) is 23.4. The third-order valence-electron chi connectivity index (χ3n) is 5.59. The first kappa shape index (κ1) is 17.2. The summed E-state index contributed by atoms with van der Waals surface area (Å²) in [4.78, 5) is 17.6. The standard InChI is InChI=1S/C22H19ClN4O/c1-13-5-7-14(8-6-13)21-20-18(26-22-24-12-25-27(21)22)10-16(11-19(20)28)15-3-2-4-17(23)9-15/h2-10,12,16,20-21H,11H2,1H3,(H,24,25,26)/t16-,20-,21-/m1/s1. The van der Waals surface area contributed by atoms with Crippen molar-refractivity contribution in [3.05, 3.63) is 88.3 Å². The number of carbonyl (C=O) groups excluding carboxylic acids is 1. The van der Waals surface area contributed by atoms with E-state index in [4.69, 9.17) is 11.6 Å². The van der Waals surface area contributed by atoms with Crippen LogP contribution in [0.25, 0.3) is 0 Å². The van der Waals surface area contributed by atoms with Crippen LogP contribution in [0.5, 0.6) is 0 Å². The van der Waals surface area contributed by atoms with Gasteiger partial charge in [0.25, 0.3) is 0 Å². The van der Waals surface area contributed by atoms with E-state index in [2.05, 4.69) is 52.7 Å². The Kier molecular flexibility index (Phi) is 4.05. The van der Waals surface area contributed by atoms with E-state index in [1.54, 1.807) is 0 Å². The number of anilines is 1. The predicted molar refractivity (Wildman–Crippen MR) is 108 cm³/mol. The average molecular weight is 391 g/mol. The Morgan fingerprint density at radius 1 is 1.14 bits per heavy atom. The molecule has 28 heavy (non-hydrogen) atoms. The Balaban J connectivity index is 1.61. The van der Waals surface area contributed by atoms with Crippen molar-refractivity contribution in [3.8, 4) is 0 Å². The van der Waals surface area contributed by atoms with Crippen molar-refractivity contribution >= 4 is 23.3 Å². The third kappa shape index (κ3) is 2.83. The Bertz CT molecular complexity index is 1090. The lowest BCUT2D eigenvalue weighted by molar-refractivity contribution is -0.123. The summed E-state index contributed by atoms with van der Waals surface area (Å²) in [6.45, 7) is 2.06. The fraction of sp³-hybridized carbons (Fsp3) is 0.227. The van der Waals surface area contributed by atoms with Crippen LogP contribution in [0.2, 0.25) is 5.02 Å². The number of halogens is 1.